The van der Waals surface area contributed by atoms with Gasteiger partial charge in [0.05, 0.1) is 12.6 Å². The number of nitrogens with zero attached hydrogens (tertiary/aromatic N) is 3. The fourth-order valence-corrected chi connectivity index (χ4v) is 2.94. The molecule has 2 N–H and O–H groups in total. The SMILES string of the molecule is CN=C(NCC(NC(=O)OC(C)(C)C)c1ccccc1)N(C)Cc1cccn1C. The lowest BCUT2D eigenvalue weighted by molar-refractivity contribution is 0.0504. The van der Waals surface area contributed by atoms with Gasteiger partial charge in [-0.3, -0.25) is 4.99 Å². The van der Waals surface area contributed by atoms with Crippen LogP contribution in [-0.4, -0.2) is 47.8 Å². The smallest absolute Gasteiger partial charge is 0.408 e. The molecule has 1 unspecified atom stereocenters. The molecule has 0 aliphatic carbocycles. The molecule has 0 aliphatic heterocycles. The Balaban J connectivity index is 2.05. The Hall–Kier alpha value is -2.96. The lowest BCUT2D eigenvalue weighted by atomic mass is 10.1. The number of benzene rings is 1. The van der Waals surface area contributed by atoms with Crippen LogP contribution in [0, 0.1) is 0 Å². The molecule has 2 rings (SSSR count). The number of carbonyl (C=O) groups excluding carboxylic acids is 1. The van der Waals surface area contributed by atoms with Crippen LogP contribution in [-0.2, 0) is 18.3 Å². The topological polar surface area (TPSA) is 70.9 Å². The van der Waals surface area contributed by atoms with Gasteiger partial charge in [-0.05, 0) is 38.5 Å². The molecule has 0 saturated carbocycles. The maximum Gasteiger partial charge on any atom is 0.408 e. The quantitative estimate of drug-likeness (QED) is 0.578. The molecule has 29 heavy (non-hydrogen) atoms. The van der Waals surface area contributed by atoms with Gasteiger partial charge in [0, 0.05) is 39.6 Å². The van der Waals surface area contributed by atoms with E-state index in [0.717, 1.165) is 18.1 Å². The number of carbonyl (C=O) groups is 1. The molecule has 1 atom stereocenters. The maximum absolute atomic E-state index is 12.3. The average Bonchev–Trinajstić information content (AvgIpc) is 3.05. The third kappa shape index (κ3) is 7.18. The number of aliphatic imine (C=N–C) groups is 1. The van der Waals surface area contributed by atoms with Crippen LogP contribution in [0.5, 0.6) is 0 Å². The average molecular weight is 400 g/mol. The third-order valence-corrected chi connectivity index (χ3v) is 4.38. The fourth-order valence-electron chi connectivity index (χ4n) is 2.94. The number of guanidine groups is 1. The summed E-state index contributed by atoms with van der Waals surface area (Å²) in [5.41, 5.74) is 1.62. The number of aromatic nitrogens is 1. The molecule has 7 heteroatoms. The molecule has 0 bridgehead atoms. The summed E-state index contributed by atoms with van der Waals surface area (Å²) in [4.78, 5) is 18.8. The van der Waals surface area contributed by atoms with Crippen LogP contribution in [0.1, 0.15) is 38.1 Å². The molecular weight excluding hydrogens is 366 g/mol. The van der Waals surface area contributed by atoms with Crippen molar-refractivity contribution >= 4 is 12.1 Å². The zero-order chi connectivity index (χ0) is 21.4. The summed E-state index contributed by atoms with van der Waals surface area (Å²) < 4.78 is 7.52. The second kappa shape index (κ2) is 10.0. The Bertz CT molecular complexity index is 808. The molecule has 1 amide bonds. The van der Waals surface area contributed by atoms with Gasteiger partial charge < -0.3 is 24.8 Å². The second-order valence-electron chi connectivity index (χ2n) is 8.00. The minimum Gasteiger partial charge on any atom is -0.444 e. The lowest BCUT2D eigenvalue weighted by Crippen LogP contribution is -2.44. The van der Waals surface area contributed by atoms with Crippen LogP contribution in [0.2, 0.25) is 0 Å². The van der Waals surface area contributed by atoms with E-state index in [2.05, 4.69) is 26.3 Å². The van der Waals surface area contributed by atoms with E-state index in [1.807, 2.05) is 82.4 Å². The Morgan fingerprint density at radius 3 is 2.45 bits per heavy atom. The van der Waals surface area contributed by atoms with E-state index in [1.165, 1.54) is 5.69 Å². The summed E-state index contributed by atoms with van der Waals surface area (Å²) in [6, 6.07) is 13.7. The largest absolute Gasteiger partial charge is 0.444 e. The van der Waals surface area contributed by atoms with Crippen LogP contribution in [0.4, 0.5) is 4.79 Å². The van der Waals surface area contributed by atoms with Crippen molar-refractivity contribution in [2.75, 3.05) is 20.6 Å². The van der Waals surface area contributed by atoms with Crippen LogP contribution in [0.3, 0.4) is 0 Å². The van der Waals surface area contributed by atoms with E-state index in [4.69, 9.17) is 4.74 Å². The summed E-state index contributed by atoms with van der Waals surface area (Å²) in [5, 5.41) is 6.33. The highest BCUT2D eigenvalue weighted by Gasteiger charge is 2.21. The maximum atomic E-state index is 12.3. The minimum absolute atomic E-state index is 0.258. The zero-order valence-corrected chi connectivity index (χ0v) is 18.3. The summed E-state index contributed by atoms with van der Waals surface area (Å²) in [6.45, 7) is 6.75. The number of nitrogens with one attached hydrogen (secondary N) is 2. The van der Waals surface area contributed by atoms with Gasteiger partial charge in [-0.25, -0.2) is 4.79 Å². The highest BCUT2D eigenvalue weighted by molar-refractivity contribution is 5.79. The Labute approximate surface area is 173 Å². The van der Waals surface area contributed by atoms with Crippen molar-refractivity contribution in [2.45, 2.75) is 39.0 Å². The predicted molar refractivity (Wildman–Crippen MR) is 117 cm³/mol. The van der Waals surface area contributed by atoms with Crippen LogP contribution >= 0.6 is 0 Å². The van der Waals surface area contributed by atoms with E-state index in [0.29, 0.717) is 6.54 Å². The van der Waals surface area contributed by atoms with Crippen molar-refractivity contribution in [1.29, 1.82) is 0 Å². The zero-order valence-electron chi connectivity index (χ0n) is 18.3. The summed E-state index contributed by atoms with van der Waals surface area (Å²) in [5.74, 6) is 0.748. The molecule has 158 valence electrons. The van der Waals surface area contributed by atoms with E-state index >= 15 is 0 Å². The fraction of sp³-hybridized carbons (Fsp3) is 0.455. The number of ether oxygens (including phenoxy) is 1. The second-order valence-corrected chi connectivity index (χ2v) is 8.00. The standard InChI is InChI=1S/C22H33N5O2/c1-22(2,3)29-21(28)25-19(17-11-8-7-9-12-17)15-24-20(23-4)27(6)16-18-13-10-14-26(18)5/h7-14,19H,15-16H2,1-6H3,(H,23,24)(H,25,28). The summed E-state index contributed by atoms with van der Waals surface area (Å²) in [7, 11) is 5.76. The number of amides is 1. The number of hydrogen-bond acceptors (Lipinski definition) is 3. The van der Waals surface area contributed by atoms with E-state index in [1.54, 1.807) is 7.05 Å². The predicted octanol–water partition coefficient (Wildman–Crippen LogP) is 3.30. The summed E-state index contributed by atoms with van der Waals surface area (Å²) >= 11 is 0. The highest BCUT2D eigenvalue weighted by Crippen LogP contribution is 2.14. The van der Waals surface area contributed by atoms with Gasteiger partial charge in [0.15, 0.2) is 5.96 Å². The normalized spacial score (nSPS) is 13.0. The molecule has 0 fully saturated rings. The third-order valence-electron chi connectivity index (χ3n) is 4.38. The van der Waals surface area contributed by atoms with Gasteiger partial charge in [0.1, 0.15) is 5.60 Å². The molecule has 0 aliphatic rings. The first-order valence-corrected chi connectivity index (χ1v) is 9.76. The van der Waals surface area contributed by atoms with Crippen molar-refractivity contribution in [2.24, 2.45) is 12.0 Å². The molecule has 7 nitrogen and oxygen atoms in total. The van der Waals surface area contributed by atoms with Crippen molar-refractivity contribution in [3.8, 4) is 0 Å². The molecule has 0 spiro atoms. The molecule has 1 aromatic carbocycles. The first-order valence-electron chi connectivity index (χ1n) is 9.76. The molecule has 1 heterocycles. The monoisotopic (exact) mass is 399 g/mol. The van der Waals surface area contributed by atoms with Gasteiger partial charge in [-0.1, -0.05) is 30.3 Å². The highest BCUT2D eigenvalue weighted by atomic mass is 16.6. The first kappa shape index (κ1) is 22.3. The molecular formula is C22H33N5O2. The number of alkyl carbamates (subject to hydrolysis) is 1. The van der Waals surface area contributed by atoms with Crippen LogP contribution < -0.4 is 10.6 Å². The van der Waals surface area contributed by atoms with Crippen molar-refractivity contribution in [3.63, 3.8) is 0 Å². The molecule has 2 aromatic rings. The Morgan fingerprint density at radius 2 is 1.90 bits per heavy atom. The van der Waals surface area contributed by atoms with Gasteiger partial charge in [-0.2, -0.15) is 0 Å². The molecule has 0 radical (unpaired) electrons. The van der Waals surface area contributed by atoms with Crippen molar-refractivity contribution < 1.29 is 9.53 Å². The minimum atomic E-state index is -0.552. The van der Waals surface area contributed by atoms with Crippen LogP contribution in [0.15, 0.2) is 53.7 Å². The summed E-state index contributed by atoms with van der Waals surface area (Å²) in [6.07, 6.45) is 1.58. The van der Waals surface area contributed by atoms with Gasteiger partial charge >= 0.3 is 6.09 Å². The number of aryl methyl sites for hydroxylation is 1. The van der Waals surface area contributed by atoms with Gasteiger partial charge in [-0.15, -0.1) is 0 Å². The van der Waals surface area contributed by atoms with Crippen molar-refractivity contribution in [1.82, 2.24) is 20.1 Å². The lowest BCUT2D eigenvalue weighted by Gasteiger charge is -2.27. The molecule has 0 saturated heterocycles. The molecule has 1 aromatic heterocycles. The van der Waals surface area contributed by atoms with Crippen LogP contribution in [0.25, 0.3) is 0 Å². The number of rotatable bonds is 6. The van der Waals surface area contributed by atoms with E-state index in [9.17, 15) is 4.79 Å². The van der Waals surface area contributed by atoms with Crippen molar-refractivity contribution in [3.05, 3.63) is 59.9 Å². The van der Waals surface area contributed by atoms with Gasteiger partial charge in [0.2, 0.25) is 0 Å². The van der Waals surface area contributed by atoms with Gasteiger partial charge in [0.25, 0.3) is 0 Å². The first-order chi connectivity index (χ1) is 13.7. The van der Waals surface area contributed by atoms with E-state index < -0.39 is 11.7 Å². The Kier molecular flexibility index (Phi) is 7.70. The number of hydrogen-bond donors (Lipinski definition) is 2. The Morgan fingerprint density at radius 1 is 1.21 bits per heavy atom. The van der Waals surface area contributed by atoms with E-state index in [-0.39, 0.29) is 6.04 Å².